The summed E-state index contributed by atoms with van der Waals surface area (Å²) in [4.78, 5) is 23.4. The van der Waals surface area contributed by atoms with Crippen LogP contribution in [0.3, 0.4) is 0 Å². The molecule has 2 rings (SSSR count). The smallest absolute Gasteiger partial charge is 0.380 e. The summed E-state index contributed by atoms with van der Waals surface area (Å²) in [6, 6.07) is 1.91. The second-order valence-electron chi connectivity index (χ2n) is 4.92. The molecule has 1 heterocycles. The van der Waals surface area contributed by atoms with Crippen LogP contribution in [0.2, 0.25) is 0 Å². The van der Waals surface area contributed by atoms with E-state index in [9.17, 15) is 28.1 Å². The average Bonchev–Trinajstić information content (AvgIpc) is 2.93. The zero-order valence-electron chi connectivity index (χ0n) is 11.6. The van der Waals surface area contributed by atoms with E-state index in [1.165, 1.54) is 12.0 Å². The Balaban J connectivity index is 2.35. The molecule has 0 bridgehead atoms. The number of nitrogens with zero attached hydrogens (tertiary/aromatic N) is 2. The standard InChI is InChI=1S/C13H13F3N2O4/c1-22-11-2-3-17(7-11)12(19)8-4-9(13(14,15)16)6-10(5-8)18(20)21/h4-6,11H,2-3,7H2,1H3/t11-/m1/s1. The number of benzene rings is 1. The molecule has 1 aliphatic rings. The largest absolute Gasteiger partial charge is 0.416 e. The number of methoxy groups -OCH3 is 1. The normalized spacial score (nSPS) is 18.5. The van der Waals surface area contributed by atoms with Crippen molar-refractivity contribution in [3.63, 3.8) is 0 Å². The van der Waals surface area contributed by atoms with E-state index in [4.69, 9.17) is 4.74 Å². The quantitative estimate of drug-likeness (QED) is 0.634. The van der Waals surface area contributed by atoms with Crippen molar-refractivity contribution in [3.8, 4) is 0 Å². The first-order chi connectivity index (χ1) is 10.2. The van der Waals surface area contributed by atoms with Gasteiger partial charge in [-0.15, -0.1) is 0 Å². The highest BCUT2D eigenvalue weighted by Crippen LogP contribution is 2.33. The molecule has 9 heteroatoms. The van der Waals surface area contributed by atoms with Gasteiger partial charge in [-0.2, -0.15) is 13.2 Å². The fourth-order valence-electron chi connectivity index (χ4n) is 2.29. The van der Waals surface area contributed by atoms with Gasteiger partial charge in [0.1, 0.15) is 0 Å². The first-order valence-electron chi connectivity index (χ1n) is 6.41. The molecule has 0 saturated carbocycles. The Kier molecular flexibility index (Phi) is 4.36. The summed E-state index contributed by atoms with van der Waals surface area (Å²) in [5.74, 6) is -0.672. The van der Waals surface area contributed by atoms with Gasteiger partial charge in [-0.3, -0.25) is 14.9 Å². The molecule has 0 spiro atoms. The van der Waals surface area contributed by atoms with Crippen LogP contribution in [-0.4, -0.2) is 42.0 Å². The molecular formula is C13H13F3N2O4. The number of carbonyl (C=O) groups is 1. The van der Waals surface area contributed by atoms with Gasteiger partial charge in [0.25, 0.3) is 11.6 Å². The molecule has 1 amide bonds. The van der Waals surface area contributed by atoms with E-state index in [0.717, 1.165) is 6.07 Å². The Morgan fingerprint density at radius 2 is 2.09 bits per heavy atom. The Morgan fingerprint density at radius 3 is 2.59 bits per heavy atom. The molecule has 0 radical (unpaired) electrons. The number of hydrogen-bond donors (Lipinski definition) is 0. The molecular weight excluding hydrogens is 305 g/mol. The fourth-order valence-corrected chi connectivity index (χ4v) is 2.29. The van der Waals surface area contributed by atoms with Gasteiger partial charge in [-0.25, -0.2) is 0 Å². The summed E-state index contributed by atoms with van der Waals surface area (Å²) < 4.78 is 43.5. The van der Waals surface area contributed by atoms with Gasteiger partial charge >= 0.3 is 6.18 Å². The molecule has 1 saturated heterocycles. The predicted octanol–water partition coefficient (Wildman–Crippen LogP) is 2.47. The third-order valence-corrected chi connectivity index (χ3v) is 3.47. The van der Waals surface area contributed by atoms with Gasteiger partial charge in [-0.1, -0.05) is 0 Å². The second-order valence-corrected chi connectivity index (χ2v) is 4.92. The van der Waals surface area contributed by atoms with Crippen LogP contribution >= 0.6 is 0 Å². The van der Waals surface area contributed by atoms with Crippen molar-refractivity contribution in [2.24, 2.45) is 0 Å². The van der Waals surface area contributed by atoms with Crippen LogP contribution in [0.5, 0.6) is 0 Å². The number of amides is 1. The van der Waals surface area contributed by atoms with E-state index in [0.29, 0.717) is 25.1 Å². The molecule has 1 atom stereocenters. The SMILES string of the molecule is CO[C@@H]1CCN(C(=O)c2cc([N+](=O)[O-])cc(C(F)(F)F)c2)C1. The number of carbonyl (C=O) groups excluding carboxylic acids is 1. The molecule has 1 fully saturated rings. The minimum Gasteiger partial charge on any atom is -0.380 e. The highest BCUT2D eigenvalue weighted by atomic mass is 19.4. The van der Waals surface area contributed by atoms with Gasteiger partial charge in [-0.05, 0) is 12.5 Å². The summed E-state index contributed by atoms with van der Waals surface area (Å²) in [7, 11) is 1.48. The zero-order chi connectivity index (χ0) is 16.5. The van der Waals surface area contributed by atoms with Crippen molar-refractivity contribution in [2.75, 3.05) is 20.2 Å². The van der Waals surface area contributed by atoms with E-state index < -0.39 is 28.3 Å². The maximum atomic E-state index is 12.8. The third-order valence-electron chi connectivity index (χ3n) is 3.47. The molecule has 0 unspecified atom stereocenters. The van der Waals surface area contributed by atoms with E-state index in [-0.39, 0.29) is 18.2 Å². The van der Waals surface area contributed by atoms with Gasteiger partial charge in [0.05, 0.1) is 16.6 Å². The number of alkyl halides is 3. The number of hydrogen-bond acceptors (Lipinski definition) is 4. The van der Waals surface area contributed by atoms with Gasteiger partial charge in [0, 0.05) is 37.9 Å². The second kappa shape index (κ2) is 5.91. The molecule has 0 aliphatic carbocycles. The Bertz CT molecular complexity index is 603. The fraction of sp³-hybridized carbons (Fsp3) is 0.462. The van der Waals surface area contributed by atoms with Crippen molar-refractivity contribution in [3.05, 3.63) is 39.4 Å². The summed E-state index contributed by atoms with van der Waals surface area (Å²) in [6.07, 6.45) is -4.37. The summed E-state index contributed by atoms with van der Waals surface area (Å²) in [5, 5.41) is 10.8. The lowest BCUT2D eigenvalue weighted by molar-refractivity contribution is -0.385. The highest BCUT2D eigenvalue weighted by molar-refractivity contribution is 5.95. The number of nitro groups is 1. The number of nitro benzene ring substituents is 1. The Hall–Kier alpha value is -2.16. The Morgan fingerprint density at radius 1 is 1.41 bits per heavy atom. The molecule has 1 aromatic carbocycles. The van der Waals surface area contributed by atoms with E-state index in [2.05, 4.69) is 0 Å². The van der Waals surface area contributed by atoms with Crippen LogP contribution in [0, 0.1) is 10.1 Å². The first-order valence-corrected chi connectivity index (χ1v) is 6.41. The van der Waals surface area contributed by atoms with Crippen LogP contribution in [0.25, 0.3) is 0 Å². The van der Waals surface area contributed by atoms with E-state index in [1.807, 2.05) is 0 Å². The average molecular weight is 318 g/mol. The molecule has 0 aromatic heterocycles. The monoisotopic (exact) mass is 318 g/mol. The van der Waals surface area contributed by atoms with Crippen LogP contribution < -0.4 is 0 Å². The summed E-state index contributed by atoms with van der Waals surface area (Å²) >= 11 is 0. The molecule has 22 heavy (non-hydrogen) atoms. The van der Waals surface area contributed by atoms with Crippen molar-refractivity contribution in [2.45, 2.75) is 18.7 Å². The third kappa shape index (κ3) is 3.35. The number of non-ortho nitro benzene ring substituents is 1. The predicted molar refractivity (Wildman–Crippen MR) is 69.4 cm³/mol. The number of ether oxygens (including phenoxy) is 1. The Labute approximate surface area is 123 Å². The highest BCUT2D eigenvalue weighted by Gasteiger charge is 2.35. The van der Waals surface area contributed by atoms with Crippen molar-refractivity contribution in [1.29, 1.82) is 0 Å². The maximum Gasteiger partial charge on any atom is 0.416 e. The summed E-state index contributed by atoms with van der Waals surface area (Å²) in [5.41, 5.74) is -2.33. The van der Waals surface area contributed by atoms with Crippen LogP contribution in [0.4, 0.5) is 18.9 Å². The lowest BCUT2D eigenvalue weighted by atomic mass is 10.1. The zero-order valence-corrected chi connectivity index (χ0v) is 11.6. The first kappa shape index (κ1) is 16.2. The van der Waals surface area contributed by atoms with Crippen LogP contribution in [0.1, 0.15) is 22.3 Å². The molecule has 120 valence electrons. The van der Waals surface area contributed by atoms with Crippen LogP contribution in [-0.2, 0) is 10.9 Å². The van der Waals surface area contributed by atoms with Gasteiger partial charge < -0.3 is 9.64 Å². The lowest BCUT2D eigenvalue weighted by Gasteiger charge is -2.17. The van der Waals surface area contributed by atoms with Crippen molar-refractivity contribution < 1.29 is 27.6 Å². The minimum atomic E-state index is -4.76. The number of halogens is 3. The molecule has 0 N–H and O–H groups in total. The molecule has 1 aliphatic heterocycles. The van der Waals surface area contributed by atoms with E-state index >= 15 is 0 Å². The summed E-state index contributed by atoms with van der Waals surface area (Å²) in [6.45, 7) is 0.584. The topological polar surface area (TPSA) is 72.7 Å². The van der Waals surface area contributed by atoms with Crippen molar-refractivity contribution >= 4 is 11.6 Å². The molecule has 1 aromatic rings. The van der Waals surface area contributed by atoms with Gasteiger partial charge in [0.2, 0.25) is 0 Å². The maximum absolute atomic E-state index is 12.8. The number of likely N-dealkylation sites (tertiary alicyclic amines) is 1. The lowest BCUT2D eigenvalue weighted by Crippen LogP contribution is -2.30. The van der Waals surface area contributed by atoms with Crippen LogP contribution in [0.15, 0.2) is 18.2 Å². The van der Waals surface area contributed by atoms with Crippen molar-refractivity contribution in [1.82, 2.24) is 4.90 Å². The molecule has 6 nitrogen and oxygen atoms in total. The minimum absolute atomic E-state index is 0.176. The van der Waals surface area contributed by atoms with Gasteiger partial charge in [0.15, 0.2) is 0 Å². The number of rotatable bonds is 3. The van der Waals surface area contributed by atoms with E-state index in [1.54, 1.807) is 0 Å².